The Labute approximate surface area is 104 Å². The first-order valence-electron chi connectivity index (χ1n) is 5.71. The number of nitrogens with zero attached hydrogens (tertiary/aromatic N) is 2. The van der Waals surface area contributed by atoms with Crippen molar-refractivity contribution in [1.29, 1.82) is 0 Å². The number of aromatic nitrogens is 2. The molecule has 0 aliphatic carbocycles. The number of ether oxygens (including phenoxy) is 1. The minimum absolute atomic E-state index is 0.0354. The van der Waals surface area contributed by atoms with Gasteiger partial charge in [-0.3, -0.25) is 0 Å². The van der Waals surface area contributed by atoms with Crippen LogP contribution in [0.3, 0.4) is 0 Å². The van der Waals surface area contributed by atoms with Gasteiger partial charge in [0.1, 0.15) is 12.4 Å². The lowest BCUT2D eigenvalue weighted by atomic mass is 10.2. The third kappa shape index (κ3) is 4.30. The van der Waals surface area contributed by atoms with Crippen molar-refractivity contribution in [2.75, 3.05) is 19.8 Å². The molecule has 7 heteroatoms. The van der Waals surface area contributed by atoms with Gasteiger partial charge < -0.3 is 14.6 Å². The van der Waals surface area contributed by atoms with Gasteiger partial charge in [0, 0.05) is 7.05 Å². The van der Waals surface area contributed by atoms with Crippen LogP contribution in [0.5, 0.6) is 0 Å². The fourth-order valence-electron chi connectivity index (χ4n) is 1.63. The summed E-state index contributed by atoms with van der Waals surface area (Å²) in [6, 6.07) is -0.288. The standard InChI is InChI=1S/C11H18F3N3O/c1-4-15-9(6-18-7-11(12,13)14)10-5-16-8(2)17(10)3/h5,9,15H,4,6-7H2,1-3H3. The van der Waals surface area contributed by atoms with Crippen LogP contribution in [0, 0.1) is 6.92 Å². The first-order chi connectivity index (χ1) is 8.35. The molecule has 1 N–H and O–H groups in total. The Morgan fingerprint density at radius 3 is 2.61 bits per heavy atom. The van der Waals surface area contributed by atoms with E-state index in [1.165, 1.54) is 0 Å². The van der Waals surface area contributed by atoms with Crippen molar-refractivity contribution in [3.63, 3.8) is 0 Å². The molecule has 0 fully saturated rings. The van der Waals surface area contributed by atoms with E-state index >= 15 is 0 Å². The van der Waals surface area contributed by atoms with Crippen molar-refractivity contribution in [1.82, 2.24) is 14.9 Å². The second-order valence-corrected chi connectivity index (χ2v) is 4.03. The molecule has 1 heterocycles. The fraction of sp³-hybridized carbons (Fsp3) is 0.727. The molecule has 0 saturated heterocycles. The van der Waals surface area contributed by atoms with Crippen LogP contribution in [0.4, 0.5) is 13.2 Å². The summed E-state index contributed by atoms with van der Waals surface area (Å²) in [6.45, 7) is 3.10. The van der Waals surface area contributed by atoms with Gasteiger partial charge in [0.05, 0.1) is 24.5 Å². The molecular formula is C11H18F3N3O. The summed E-state index contributed by atoms with van der Waals surface area (Å²) >= 11 is 0. The maximum absolute atomic E-state index is 12.0. The van der Waals surface area contributed by atoms with Crippen LogP contribution >= 0.6 is 0 Å². The van der Waals surface area contributed by atoms with Crippen molar-refractivity contribution in [3.05, 3.63) is 17.7 Å². The van der Waals surface area contributed by atoms with Crippen molar-refractivity contribution in [3.8, 4) is 0 Å². The second kappa shape index (κ2) is 6.19. The molecule has 0 spiro atoms. The van der Waals surface area contributed by atoms with Crippen molar-refractivity contribution < 1.29 is 17.9 Å². The monoisotopic (exact) mass is 265 g/mol. The third-order valence-electron chi connectivity index (χ3n) is 2.61. The Morgan fingerprint density at radius 1 is 1.50 bits per heavy atom. The van der Waals surface area contributed by atoms with Crippen molar-refractivity contribution >= 4 is 0 Å². The molecule has 4 nitrogen and oxygen atoms in total. The normalized spacial score (nSPS) is 13.9. The lowest BCUT2D eigenvalue weighted by molar-refractivity contribution is -0.175. The van der Waals surface area contributed by atoms with Gasteiger partial charge >= 0.3 is 6.18 Å². The molecule has 0 saturated carbocycles. The fourth-order valence-corrected chi connectivity index (χ4v) is 1.63. The maximum Gasteiger partial charge on any atom is 0.411 e. The van der Waals surface area contributed by atoms with Crippen molar-refractivity contribution in [2.24, 2.45) is 7.05 Å². The van der Waals surface area contributed by atoms with Crippen LogP contribution in [-0.4, -0.2) is 35.5 Å². The van der Waals surface area contributed by atoms with E-state index in [9.17, 15) is 13.2 Å². The van der Waals surface area contributed by atoms with Gasteiger partial charge in [-0.1, -0.05) is 6.92 Å². The topological polar surface area (TPSA) is 39.1 Å². The largest absolute Gasteiger partial charge is 0.411 e. The zero-order valence-corrected chi connectivity index (χ0v) is 10.7. The molecule has 1 atom stereocenters. The number of aryl methyl sites for hydroxylation is 1. The van der Waals surface area contributed by atoms with E-state index in [2.05, 4.69) is 10.3 Å². The van der Waals surface area contributed by atoms with E-state index in [1.807, 2.05) is 25.5 Å². The molecule has 0 bridgehead atoms. The third-order valence-corrected chi connectivity index (χ3v) is 2.61. The van der Waals surface area contributed by atoms with Gasteiger partial charge in [-0.25, -0.2) is 4.98 Å². The number of nitrogens with one attached hydrogen (secondary N) is 1. The number of hydrogen-bond donors (Lipinski definition) is 1. The molecule has 0 radical (unpaired) electrons. The highest BCUT2D eigenvalue weighted by Crippen LogP contribution is 2.18. The van der Waals surface area contributed by atoms with Gasteiger partial charge in [0.15, 0.2) is 0 Å². The summed E-state index contributed by atoms with van der Waals surface area (Å²) in [5, 5.41) is 3.09. The Balaban J connectivity index is 2.63. The second-order valence-electron chi connectivity index (χ2n) is 4.03. The zero-order valence-electron chi connectivity index (χ0n) is 10.7. The molecule has 0 aliphatic rings. The summed E-state index contributed by atoms with van der Waals surface area (Å²) in [7, 11) is 1.83. The van der Waals surface area contributed by atoms with Crippen LogP contribution in [-0.2, 0) is 11.8 Å². The van der Waals surface area contributed by atoms with E-state index in [0.29, 0.717) is 6.54 Å². The van der Waals surface area contributed by atoms with E-state index in [0.717, 1.165) is 11.5 Å². The smallest absolute Gasteiger partial charge is 0.370 e. The molecule has 1 aromatic rings. The molecule has 0 aromatic carbocycles. The Bertz CT molecular complexity index is 376. The average Bonchev–Trinajstić information content (AvgIpc) is 2.57. The van der Waals surface area contributed by atoms with E-state index in [1.54, 1.807) is 6.20 Å². The number of halogens is 3. The SMILES string of the molecule is CCNC(COCC(F)(F)F)c1cnc(C)n1C. The molecule has 18 heavy (non-hydrogen) atoms. The van der Waals surface area contributed by atoms with Crippen LogP contribution in [0.2, 0.25) is 0 Å². The molecule has 1 aromatic heterocycles. The highest BCUT2D eigenvalue weighted by atomic mass is 19.4. The number of likely N-dealkylation sites (N-methyl/N-ethyl adjacent to an activating group) is 1. The van der Waals surface area contributed by atoms with Gasteiger partial charge in [-0.05, 0) is 13.5 Å². The number of hydrogen-bond acceptors (Lipinski definition) is 3. The van der Waals surface area contributed by atoms with Crippen molar-refractivity contribution in [2.45, 2.75) is 26.1 Å². The number of rotatable bonds is 6. The summed E-state index contributed by atoms with van der Waals surface area (Å²) in [5.74, 6) is 0.809. The first-order valence-corrected chi connectivity index (χ1v) is 5.71. The number of alkyl halides is 3. The van der Waals surface area contributed by atoms with Crippen LogP contribution in [0.15, 0.2) is 6.20 Å². The van der Waals surface area contributed by atoms with E-state index in [4.69, 9.17) is 4.74 Å². The quantitative estimate of drug-likeness (QED) is 0.854. The van der Waals surface area contributed by atoms with E-state index < -0.39 is 12.8 Å². The molecule has 1 unspecified atom stereocenters. The zero-order chi connectivity index (χ0) is 13.8. The maximum atomic E-state index is 12.0. The van der Waals surface area contributed by atoms with Crippen LogP contribution < -0.4 is 5.32 Å². The highest BCUT2D eigenvalue weighted by Gasteiger charge is 2.28. The van der Waals surface area contributed by atoms with E-state index in [-0.39, 0.29) is 12.6 Å². The van der Waals surface area contributed by atoms with Crippen LogP contribution in [0.1, 0.15) is 24.5 Å². The first kappa shape index (κ1) is 15.0. The van der Waals surface area contributed by atoms with Gasteiger partial charge in [-0.15, -0.1) is 0 Å². The highest BCUT2D eigenvalue weighted by molar-refractivity contribution is 5.09. The molecule has 1 rings (SSSR count). The summed E-state index contributed by atoms with van der Waals surface area (Å²) in [4.78, 5) is 4.12. The summed E-state index contributed by atoms with van der Waals surface area (Å²) in [6.07, 6.45) is -2.64. The number of imidazole rings is 1. The molecule has 104 valence electrons. The van der Waals surface area contributed by atoms with Crippen LogP contribution in [0.25, 0.3) is 0 Å². The Hall–Kier alpha value is -1.08. The molecular weight excluding hydrogens is 247 g/mol. The van der Waals surface area contributed by atoms with Gasteiger partial charge in [0.25, 0.3) is 0 Å². The predicted octanol–water partition coefficient (Wildman–Crippen LogP) is 1.96. The minimum atomic E-state index is -4.29. The Morgan fingerprint density at radius 2 is 2.17 bits per heavy atom. The Kier molecular flexibility index (Phi) is 5.15. The molecule has 0 aliphatic heterocycles. The van der Waals surface area contributed by atoms with Gasteiger partial charge in [0.2, 0.25) is 0 Å². The lowest BCUT2D eigenvalue weighted by Crippen LogP contribution is -2.29. The lowest BCUT2D eigenvalue weighted by Gasteiger charge is -2.19. The summed E-state index contributed by atoms with van der Waals surface area (Å²) in [5.41, 5.74) is 0.816. The summed E-state index contributed by atoms with van der Waals surface area (Å²) < 4.78 is 42.6. The average molecular weight is 265 g/mol. The predicted molar refractivity (Wildman–Crippen MR) is 61.2 cm³/mol. The minimum Gasteiger partial charge on any atom is -0.370 e. The molecule has 0 amide bonds. The van der Waals surface area contributed by atoms with Gasteiger partial charge in [-0.2, -0.15) is 13.2 Å².